The Bertz CT molecular complexity index is 362. The summed E-state index contributed by atoms with van der Waals surface area (Å²) in [6.45, 7) is 0.896. The van der Waals surface area contributed by atoms with Crippen LogP contribution in [0.15, 0.2) is 12.1 Å². The molecule has 0 aliphatic heterocycles. The highest BCUT2D eigenvalue weighted by atomic mass is 35.5. The van der Waals surface area contributed by atoms with Crippen LogP contribution in [0.1, 0.15) is 18.4 Å². The Kier molecular flexibility index (Phi) is 4.88. The Morgan fingerprint density at radius 1 is 1.47 bits per heavy atom. The smallest absolute Gasteiger partial charge is 0.132 e. The molecule has 0 spiro atoms. The molecule has 0 saturated carbocycles. The zero-order valence-corrected chi connectivity index (χ0v) is 8.96. The number of nitrogens with one attached hydrogen (secondary N) is 1. The van der Waals surface area contributed by atoms with E-state index in [4.69, 9.17) is 22.0 Å². The van der Waals surface area contributed by atoms with E-state index >= 15 is 0 Å². The number of anilines is 1. The molecule has 0 aromatic carbocycles. The number of unbranched alkanes of at least 4 members (excludes halogenated alkanes) is 1. The molecule has 4 nitrogen and oxygen atoms in total. The van der Waals surface area contributed by atoms with Crippen LogP contribution in [0.2, 0.25) is 5.15 Å². The molecule has 15 heavy (non-hydrogen) atoms. The molecule has 1 heterocycles. The molecule has 0 amide bonds. The summed E-state index contributed by atoms with van der Waals surface area (Å²) >= 11 is 5.73. The summed E-state index contributed by atoms with van der Waals surface area (Å²) in [6.07, 6.45) is 1.60. The molecule has 0 fully saturated rings. The monoisotopic (exact) mass is 225 g/mol. The molecular weight excluding hydrogens is 214 g/mol. The van der Waals surface area contributed by atoms with Gasteiger partial charge in [0.25, 0.3) is 0 Å². The van der Waals surface area contributed by atoms with Crippen LogP contribution in [0.3, 0.4) is 0 Å². The average molecular weight is 226 g/mol. The van der Waals surface area contributed by atoms with Crippen molar-refractivity contribution in [3.8, 4) is 6.07 Å². The molecule has 0 saturated heterocycles. The van der Waals surface area contributed by atoms with Crippen molar-refractivity contribution in [2.24, 2.45) is 0 Å². The quantitative estimate of drug-likeness (QED) is 0.592. The highest BCUT2D eigenvalue weighted by molar-refractivity contribution is 6.29. The van der Waals surface area contributed by atoms with Crippen LogP contribution < -0.4 is 5.32 Å². The van der Waals surface area contributed by atoms with Crippen molar-refractivity contribution in [1.82, 2.24) is 4.98 Å². The fraction of sp³-hybridized carbons (Fsp3) is 0.400. The summed E-state index contributed by atoms with van der Waals surface area (Å²) in [5.41, 5.74) is 0.486. The normalized spacial score (nSPS) is 9.67. The molecule has 0 atom stereocenters. The van der Waals surface area contributed by atoms with Crippen LogP contribution in [0.25, 0.3) is 0 Å². The van der Waals surface area contributed by atoms with Crippen LogP contribution in [-0.4, -0.2) is 23.2 Å². The van der Waals surface area contributed by atoms with Gasteiger partial charge in [0.2, 0.25) is 0 Å². The van der Waals surface area contributed by atoms with Crippen molar-refractivity contribution in [2.45, 2.75) is 12.8 Å². The second-order valence-electron chi connectivity index (χ2n) is 3.03. The Morgan fingerprint density at radius 2 is 2.27 bits per heavy atom. The van der Waals surface area contributed by atoms with Gasteiger partial charge in [-0.05, 0) is 25.0 Å². The minimum atomic E-state index is 0.189. The van der Waals surface area contributed by atoms with E-state index in [0.717, 1.165) is 12.8 Å². The van der Waals surface area contributed by atoms with Crippen molar-refractivity contribution in [2.75, 3.05) is 18.5 Å². The number of aliphatic hydroxyl groups excluding tert-OH is 1. The molecule has 1 aromatic heterocycles. The largest absolute Gasteiger partial charge is 0.396 e. The standard InChI is InChI=1S/C10H12ClN3O/c11-9-5-8(7-12)6-10(14-9)13-3-1-2-4-15/h5-6,15H,1-4H2,(H,13,14). The van der Waals surface area contributed by atoms with Gasteiger partial charge in [-0.25, -0.2) is 4.98 Å². The lowest BCUT2D eigenvalue weighted by molar-refractivity contribution is 0.286. The van der Waals surface area contributed by atoms with Gasteiger partial charge in [0, 0.05) is 13.2 Å². The van der Waals surface area contributed by atoms with Gasteiger partial charge in [-0.2, -0.15) is 5.26 Å². The first-order chi connectivity index (χ1) is 7.26. The van der Waals surface area contributed by atoms with Gasteiger partial charge < -0.3 is 10.4 Å². The van der Waals surface area contributed by atoms with Crippen molar-refractivity contribution in [3.05, 3.63) is 22.8 Å². The van der Waals surface area contributed by atoms with Gasteiger partial charge in [-0.1, -0.05) is 11.6 Å². The Hall–Kier alpha value is -1.31. The zero-order chi connectivity index (χ0) is 11.1. The number of hydrogen-bond acceptors (Lipinski definition) is 4. The number of halogens is 1. The van der Waals surface area contributed by atoms with E-state index in [-0.39, 0.29) is 6.61 Å². The van der Waals surface area contributed by atoms with Crippen molar-refractivity contribution in [1.29, 1.82) is 5.26 Å². The summed E-state index contributed by atoms with van der Waals surface area (Å²) in [5.74, 6) is 0.594. The van der Waals surface area contributed by atoms with Crippen LogP contribution in [0.4, 0.5) is 5.82 Å². The second kappa shape index (κ2) is 6.23. The van der Waals surface area contributed by atoms with Gasteiger partial charge in [-0.3, -0.25) is 0 Å². The Labute approximate surface area is 93.5 Å². The van der Waals surface area contributed by atoms with E-state index < -0.39 is 0 Å². The van der Waals surface area contributed by atoms with Gasteiger partial charge in [-0.15, -0.1) is 0 Å². The molecule has 1 aromatic rings. The predicted octanol–water partition coefficient (Wildman–Crippen LogP) is 1.79. The van der Waals surface area contributed by atoms with E-state index in [1.807, 2.05) is 6.07 Å². The van der Waals surface area contributed by atoms with Crippen LogP contribution in [0.5, 0.6) is 0 Å². The first-order valence-corrected chi connectivity index (χ1v) is 5.06. The van der Waals surface area contributed by atoms with Gasteiger partial charge in [0.1, 0.15) is 11.0 Å². The van der Waals surface area contributed by atoms with Crippen molar-refractivity contribution >= 4 is 17.4 Å². The fourth-order valence-electron chi connectivity index (χ4n) is 1.11. The Balaban J connectivity index is 2.54. The number of aliphatic hydroxyl groups is 1. The summed E-state index contributed by atoms with van der Waals surface area (Å²) in [7, 11) is 0. The maximum absolute atomic E-state index is 8.70. The lowest BCUT2D eigenvalue weighted by atomic mass is 10.3. The number of aromatic nitrogens is 1. The lowest BCUT2D eigenvalue weighted by Gasteiger charge is -2.05. The number of nitriles is 1. The van der Waals surface area contributed by atoms with Crippen LogP contribution in [0, 0.1) is 11.3 Å². The van der Waals surface area contributed by atoms with E-state index in [9.17, 15) is 0 Å². The number of pyridine rings is 1. The molecule has 0 aliphatic carbocycles. The van der Waals surface area contributed by atoms with E-state index in [2.05, 4.69) is 10.3 Å². The van der Waals surface area contributed by atoms with Gasteiger partial charge in [0.05, 0.1) is 11.6 Å². The zero-order valence-electron chi connectivity index (χ0n) is 8.20. The highest BCUT2D eigenvalue weighted by Gasteiger charge is 1.99. The molecule has 0 aliphatic rings. The molecule has 0 unspecified atom stereocenters. The maximum Gasteiger partial charge on any atom is 0.132 e. The van der Waals surface area contributed by atoms with E-state index in [1.165, 1.54) is 6.07 Å². The van der Waals surface area contributed by atoms with Gasteiger partial charge in [0.15, 0.2) is 0 Å². The molecule has 2 N–H and O–H groups in total. The maximum atomic E-state index is 8.70. The van der Waals surface area contributed by atoms with Crippen LogP contribution in [-0.2, 0) is 0 Å². The molecule has 0 radical (unpaired) electrons. The Morgan fingerprint density at radius 3 is 2.93 bits per heavy atom. The predicted molar refractivity (Wildman–Crippen MR) is 58.8 cm³/mol. The minimum absolute atomic E-state index is 0.189. The first-order valence-electron chi connectivity index (χ1n) is 4.68. The summed E-state index contributed by atoms with van der Waals surface area (Å²) in [4.78, 5) is 4.02. The number of hydrogen-bond donors (Lipinski definition) is 2. The average Bonchev–Trinajstić information content (AvgIpc) is 2.23. The molecule has 1 rings (SSSR count). The SMILES string of the molecule is N#Cc1cc(Cl)nc(NCCCCO)c1. The summed E-state index contributed by atoms with van der Waals surface area (Å²) in [5, 5.41) is 20.6. The topological polar surface area (TPSA) is 68.9 Å². The second-order valence-corrected chi connectivity index (χ2v) is 3.42. The third-order valence-corrected chi connectivity index (χ3v) is 2.01. The third-order valence-electron chi connectivity index (χ3n) is 1.81. The third kappa shape index (κ3) is 4.15. The molecular formula is C10H12ClN3O. The van der Waals surface area contributed by atoms with Crippen molar-refractivity contribution in [3.63, 3.8) is 0 Å². The first kappa shape index (κ1) is 11.8. The van der Waals surface area contributed by atoms with E-state index in [0.29, 0.717) is 23.1 Å². The summed E-state index contributed by atoms with van der Waals surface area (Å²) < 4.78 is 0. The highest BCUT2D eigenvalue weighted by Crippen LogP contribution is 2.13. The summed E-state index contributed by atoms with van der Waals surface area (Å²) in [6, 6.07) is 5.16. The van der Waals surface area contributed by atoms with E-state index in [1.54, 1.807) is 6.07 Å². The molecule has 80 valence electrons. The minimum Gasteiger partial charge on any atom is -0.396 e. The van der Waals surface area contributed by atoms with Gasteiger partial charge >= 0.3 is 0 Å². The number of rotatable bonds is 5. The number of nitrogens with zero attached hydrogens (tertiary/aromatic N) is 2. The van der Waals surface area contributed by atoms with Crippen molar-refractivity contribution < 1.29 is 5.11 Å². The van der Waals surface area contributed by atoms with Crippen LogP contribution >= 0.6 is 11.6 Å². The fourth-order valence-corrected chi connectivity index (χ4v) is 1.31. The molecule has 0 bridgehead atoms. The molecule has 5 heteroatoms. The lowest BCUT2D eigenvalue weighted by Crippen LogP contribution is -2.04.